The van der Waals surface area contributed by atoms with Gasteiger partial charge in [-0.1, -0.05) is 40.3 Å². The molecule has 3 rings (SSSR count). The molecule has 24 heavy (non-hydrogen) atoms. The van der Waals surface area contributed by atoms with Gasteiger partial charge in [0.25, 0.3) is 0 Å². The Morgan fingerprint density at radius 3 is 2.71 bits per heavy atom. The molecule has 0 aromatic heterocycles. The molecule has 0 saturated heterocycles. The third-order valence-electron chi connectivity index (χ3n) is 3.46. The SMILES string of the molecule is CS(=O)(=O)c1cc(Br)cc2c1C(c1cccc(F)c1)=NCC(=S)N2. The van der Waals surface area contributed by atoms with Crippen LogP contribution in [0.2, 0.25) is 0 Å². The number of rotatable bonds is 2. The monoisotopic (exact) mass is 426 g/mol. The maximum atomic E-state index is 13.7. The standard InChI is InChI=1S/C16H12BrFN2O2S2/c1-24(21,22)13-7-10(17)6-12-15(13)16(19-8-14(23)20-12)9-3-2-4-11(18)5-9/h2-7H,8H2,1H3,(H,20,23). The van der Waals surface area contributed by atoms with E-state index in [1.807, 2.05) is 0 Å². The van der Waals surface area contributed by atoms with E-state index >= 15 is 0 Å². The Morgan fingerprint density at radius 2 is 2.04 bits per heavy atom. The zero-order valence-electron chi connectivity index (χ0n) is 12.5. The maximum Gasteiger partial charge on any atom is 0.176 e. The molecular weight excluding hydrogens is 415 g/mol. The Hall–Kier alpha value is -1.64. The van der Waals surface area contributed by atoms with Crippen LogP contribution >= 0.6 is 28.1 Å². The maximum absolute atomic E-state index is 13.7. The number of aliphatic imine (C=N–C) groups is 1. The van der Waals surface area contributed by atoms with Gasteiger partial charge in [0.2, 0.25) is 0 Å². The fraction of sp³-hybridized carbons (Fsp3) is 0.125. The van der Waals surface area contributed by atoms with Crippen molar-refractivity contribution in [1.29, 1.82) is 0 Å². The van der Waals surface area contributed by atoms with Crippen LogP contribution in [0.3, 0.4) is 0 Å². The summed E-state index contributed by atoms with van der Waals surface area (Å²) in [5, 5.41) is 3.02. The lowest BCUT2D eigenvalue weighted by atomic mass is 10.0. The number of halogens is 2. The van der Waals surface area contributed by atoms with E-state index in [1.54, 1.807) is 18.2 Å². The van der Waals surface area contributed by atoms with Gasteiger partial charge < -0.3 is 5.32 Å². The summed E-state index contributed by atoms with van der Waals surface area (Å²) in [5.74, 6) is -0.422. The second-order valence-electron chi connectivity index (χ2n) is 5.32. The number of benzene rings is 2. The van der Waals surface area contributed by atoms with Crippen LogP contribution in [0.1, 0.15) is 11.1 Å². The minimum absolute atomic E-state index is 0.104. The molecule has 0 spiro atoms. The summed E-state index contributed by atoms with van der Waals surface area (Å²) in [4.78, 5) is 4.99. The number of benzodiazepines with no additional fused rings is 1. The average molecular weight is 427 g/mol. The van der Waals surface area contributed by atoms with Crippen molar-refractivity contribution in [2.75, 3.05) is 18.1 Å². The summed E-state index contributed by atoms with van der Waals surface area (Å²) in [6.07, 6.45) is 1.13. The molecule has 0 saturated carbocycles. The zero-order valence-corrected chi connectivity index (χ0v) is 15.7. The van der Waals surface area contributed by atoms with Gasteiger partial charge in [-0.15, -0.1) is 0 Å². The summed E-state index contributed by atoms with van der Waals surface area (Å²) < 4.78 is 38.8. The van der Waals surface area contributed by atoms with E-state index in [0.717, 1.165) is 6.26 Å². The van der Waals surface area contributed by atoms with E-state index < -0.39 is 15.7 Å². The third-order valence-corrected chi connectivity index (χ3v) is 5.27. The van der Waals surface area contributed by atoms with Crippen LogP contribution in [0, 0.1) is 5.82 Å². The Balaban J connectivity index is 2.37. The van der Waals surface area contributed by atoms with E-state index in [1.165, 1.54) is 18.2 Å². The topological polar surface area (TPSA) is 58.5 Å². The molecule has 1 N–H and O–H groups in total. The van der Waals surface area contributed by atoms with Crippen molar-refractivity contribution in [3.8, 4) is 0 Å². The second kappa shape index (κ2) is 6.34. The fourth-order valence-electron chi connectivity index (χ4n) is 2.51. The van der Waals surface area contributed by atoms with Crippen LogP contribution in [-0.4, -0.2) is 31.9 Å². The van der Waals surface area contributed by atoms with E-state index in [-0.39, 0.29) is 11.4 Å². The van der Waals surface area contributed by atoms with Crippen molar-refractivity contribution in [1.82, 2.24) is 0 Å². The molecule has 4 nitrogen and oxygen atoms in total. The second-order valence-corrected chi connectivity index (χ2v) is 8.71. The predicted octanol–water partition coefficient (Wildman–Crippen LogP) is 3.58. The molecule has 1 aliphatic rings. The van der Waals surface area contributed by atoms with E-state index in [2.05, 4.69) is 26.2 Å². The number of anilines is 1. The van der Waals surface area contributed by atoms with Crippen LogP contribution in [0.15, 0.2) is 50.8 Å². The molecule has 0 bridgehead atoms. The average Bonchev–Trinajstić information content (AvgIpc) is 2.63. The molecule has 2 aromatic carbocycles. The van der Waals surface area contributed by atoms with Crippen LogP contribution in [0.25, 0.3) is 0 Å². The quantitative estimate of drug-likeness (QED) is 0.745. The Bertz CT molecular complexity index is 988. The van der Waals surface area contributed by atoms with Gasteiger partial charge >= 0.3 is 0 Å². The minimum Gasteiger partial charge on any atom is -0.348 e. The summed E-state index contributed by atoms with van der Waals surface area (Å²) in [5.41, 5.74) is 1.81. The minimum atomic E-state index is -3.54. The first-order chi connectivity index (χ1) is 11.3. The smallest absolute Gasteiger partial charge is 0.176 e. The summed E-state index contributed by atoms with van der Waals surface area (Å²) in [6, 6.07) is 9.14. The van der Waals surface area contributed by atoms with Crippen LogP contribution in [0.5, 0.6) is 0 Å². The molecule has 0 unspecified atom stereocenters. The lowest BCUT2D eigenvalue weighted by molar-refractivity contribution is 0.601. The summed E-state index contributed by atoms with van der Waals surface area (Å²) in [7, 11) is -3.54. The highest BCUT2D eigenvalue weighted by atomic mass is 79.9. The van der Waals surface area contributed by atoms with Crippen molar-refractivity contribution < 1.29 is 12.8 Å². The Morgan fingerprint density at radius 1 is 1.29 bits per heavy atom. The third kappa shape index (κ3) is 3.40. The number of sulfone groups is 1. The van der Waals surface area contributed by atoms with Crippen LogP contribution in [-0.2, 0) is 9.84 Å². The molecule has 8 heteroatoms. The molecule has 0 radical (unpaired) electrons. The first-order valence-corrected chi connectivity index (χ1v) is 9.99. The van der Waals surface area contributed by atoms with Gasteiger partial charge in [0.15, 0.2) is 9.84 Å². The molecule has 0 amide bonds. The van der Waals surface area contributed by atoms with Gasteiger partial charge in [-0.25, -0.2) is 12.8 Å². The number of fused-ring (bicyclic) bond motifs is 1. The number of hydrogen-bond donors (Lipinski definition) is 1. The van der Waals surface area contributed by atoms with Gasteiger partial charge in [0.05, 0.1) is 22.8 Å². The molecule has 0 aliphatic carbocycles. The number of hydrogen-bond acceptors (Lipinski definition) is 4. The first-order valence-electron chi connectivity index (χ1n) is 6.90. The van der Waals surface area contributed by atoms with E-state index in [4.69, 9.17) is 12.2 Å². The summed E-state index contributed by atoms with van der Waals surface area (Å²) >= 11 is 8.54. The van der Waals surface area contributed by atoms with Gasteiger partial charge in [-0.3, -0.25) is 4.99 Å². The predicted molar refractivity (Wildman–Crippen MR) is 100 cm³/mol. The molecular formula is C16H12BrFN2O2S2. The van der Waals surface area contributed by atoms with Crippen molar-refractivity contribution >= 4 is 54.4 Å². The zero-order chi connectivity index (χ0) is 17.5. The molecule has 124 valence electrons. The van der Waals surface area contributed by atoms with Crippen molar-refractivity contribution in [2.24, 2.45) is 4.99 Å². The number of nitrogens with zero attached hydrogens (tertiary/aromatic N) is 1. The van der Waals surface area contributed by atoms with Gasteiger partial charge in [-0.05, 0) is 24.3 Å². The first kappa shape index (κ1) is 17.2. The normalized spacial score (nSPS) is 14.5. The van der Waals surface area contributed by atoms with E-state index in [0.29, 0.717) is 32.0 Å². The lowest BCUT2D eigenvalue weighted by Crippen LogP contribution is -2.14. The molecule has 0 fully saturated rings. The fourth-order valence-corrected chi connectivity index (χ4v) is 4.21. The molecule has 1 heterocycles. The highest BCUT2D eigenvalue weighted by Gasteiger charge is 2.25. The molecule has 1 aliphatic heterocycles. The van der Waals surface area contributed by atoms with Crippen LogP contribution in [0.4, 0.5) is 10.1 Å². The Kier molecular flexibility index (Phi) is 4.54. The van der Waals surface area contributed by atoms with Gasteiger partial charge in [0, 0.05) is 21.9 Å². The highest BCUT2D eigenvalue weighted by molar-refractivity contribution is 9.10. The van der Waals surface area contributed by atoms with Crippen molar-refractivity contribution in [2.45, 2.75) is 4.90 Å². The van der Waals surface area contributed by atoms with Crippen LogP contribution < -0.4 is 5.32 Å². The molecule has 0 atom stereocenters. The number of thiocarbonyl (C=S) groups is 1. The summed E-state index contributed by atoms with van der Waals surface area (Å²) in [6.45, 7) is 0.191. The largest absolute Gasteiger partial charge is 0.348 e. The Labute approximate surface area is 152 Å². The van der Waals surface area contributed by atoms with Crippen molar-refractivity contribution in [3.63, 3.8) is 0 Å². The van der Waals surface area contributed by atoms with Crippen molar-refractivity contribution in [3.05, 3.63) is 57.8 Å². The number of nitrogens with one attached hydrogen (secondary N) is 1. The van der Waals surface area contributed by atoms with Gasteiger partial charge in [-0.2, -0.15) is 0 Å². The molecule has 2 aromatic rings. The highest BCUT2D eigenvalue weighted by Crippen LogP contribution is 2.33. The lowest BCUT2D eigenvalue weighted by Gasteiger charge is -2.15. The van der Waals surface area contributed by atoms with Gasteiger partial charge in [0.1, 0.15) is 10.8 Å². The van der Waals surface area contributed by atoms with E-state index in [9.17, 15) is 12.8 Å².